The van der Waals surface area contributed by atoms with Crippen molar-refractivity contribution < 1.29 is 4.79 Å². The van der Waals surface area contributed by atoms with Gasteiger partial charge in [-0.3, -0.25) is 4.79 Å². The quantitative estimate of drug-likeness (QED) is 0.608. The maximum Gasteiger partial charge on any atom is 0.219 e. The van der Waals surface area contributed by atoms with Gasteiger partial charge in [0.25, 0.3) is 0 Å². The monoisotopic (exact) mass is 162 g/mol. The van der Waals surface area contributed by atoms with Gasteiger partial charge >= 0.3 is 0 Å². The van der Waals surface area contributed by atoms with E-state index in [0.717, 1.165) is 5.75 Å². The van der Waals surface area contributed by atoms with E-state index in [-0.39, 0.29) is 12.3 Å². The summed E-state index contributed by atoms with van der Waals surface area (Å²) in [6.07, 6.45) is 2.21. The molecule has 3 nitrogen and oxygen atoms in total. The van der Waals surface area contributed by atoms with Gasteiger partial charge in [-0.2, -0.15) is 11.8 Å². The molecule has 0 saturated carbocycles. The molecule has 0 heterocycles. The molecule has 10 heavy (non-hydrogen) atoms. The highest BCUT2D eigenvalue weighted by atomic mass is 32.2. The van der Waals surface area contributed by atoms with Gasteiger partial charge in [-0.1, -0.05) is 0 Å². The molecule has 0 fully saturated rings. The van der Waals surface area contributed by atoms with Crippen molar-refractivity contribution in [1.82, 2.24) is 0 Å². The molecule has 0 radical (unpaired) electrons. The topological polar surface area (TPSA) is 69.1 Å². The van der Waals surface area contributed by atoms with Crippen LogP contribution < -0.4 is 11.5 Å². The molecule has 0 aromatic rings. The van der Waals surface area contributed by atoms with E-state index in [4.69, 9.17) is 11.5 Å². The summed E-state index contributed by atoms with van der Waals surface area (Å²) in [5.74, 6) is 0.426. The summed E-state index contributed by atoms with van der Waals surface area (Å²) in [6, 6.07) is 0. The molecule has 1 amide bonds. The number of thioether (sulfide) groups is 1. The van der Waals surface area contributed by atoms with Crippen LogP contribution in [0.4, 0.5) is 0 Å². The number of amides is 1. The summed E-state index contributed by atoms with van der Waals surface area (Å²) in [4.78, 5) is 10.4. The summed E-state index contributed by atoms with van der Waals surface area (Å²) >= 11 is 1.62. The van der Waals surface area contributed by atoms with E-state index in [1.807, 2.05) is 13.2 Å². The third-order valence-corrected chi connectivity index (χ3v) is 2.00. The SMILES string of the molecule is CSCC(C)(N)CC(N)=O. The first-order chi connectivity index (χ1) is 4.48. The third kappa shape index (κ3) is 4.64. The lowest BCUT2D eigenvalue weighted by molar-refractivity contribution is -0.118. The van der Waals surface area contributed by atoms with Gasteiger partial charge in [0.1, 0.15) is 0 Å². The molecule has 1 atom stereocenters. The zero-order chi connectivity index (χ0) is 8.20. The molecule has 4 heteroatoms. The van der Waals surface area contributed by atoms with Crippen LogP contribution in [0.2, 0.25) is 0 Å². The van der Waals surface area contributed by atoms with Gasteiger partial charge in [-0.15, -0.1) is 0 Å². The molecule has 4 N–H and O–H groups in total. The highest BCUT2D eigenvalue weighted by molar-refractivity contribution is 7.98. The van der Waals surface area contributed by atoms with Crippen molar-refractivity contribution in [1.29, 1.82) is 0 Å². The number of nitrogens with two attached hydrogens (primary N) is 2. The van der Waals surface area contributed by atoms with E-state index in [1.54, 1.807) is 11.8 Å². The van der Waals surface area contributed by atoms with Crippen LogP contribution in [0.1, 0.15) is 13.3 Å². The molecule has 0 bridgehead atoms. The predicted octanol–water partition coefficient (Wildman–Crippen LogP) is -0.0578. The average molecular weight is 162 g/mol. The largest absolute Gasteiger partial charge is 0.370 e. The van der Waals surface area contributed by atoms with Crippen molar-refractivity contribution in [2.24, 2.45) is 11.5 Å². The first-order valence-electron chi connectivity index (χ1n) is 3.04. The summed E-state index contributed by atoms with van der Waals surface area (Å²) < 4.78 is 0. The van der Waals surface area contributed by atoms with Crippen LogP contribution >= 0.6 is 11.8 Å². The normalized spacial score (nSPS) is 16.3. The minimum atomic E-state index is -0.439. The van der Waals surface area contributed by atoms with Crippen molar-refractivity contribution in [2.75, 3.05) is 12.0 Å². The molecule has 0 aliphatic carbocycles. The Morgan fingerprint density at radius 3 is 2.50 bits per heavy atom. The van der Waals surface area contributed by atoms with Gasteiger partial charge in [-0.05, 0) is 13.2 Å². The standard InChI is InChI=1S/C6H14N2OS/c1-6(8,4-10-2)3-5(7)9/h3-4,8H2,1-2H3,(H2,7,9). The fourth-order valence-electron chi connectivity index (χ4n) is 0.779. The summed E-state index contributed by atoms with van der Waals surface area (Å²) in [6.45, 7) is 1.83. The molecule has 0 aromatic carbocycles. The molecule has 0 aromatic heterocycles. The third-order valence-electron chi connectivity index (χ3n) is 1.05. The molecule has 0 rings (SSSR count). The minimum absolute atomic E-state index is 0.258. The summed E-state index contributed by atoms with van der Waals surface area (Å²) in [5, 5.41) is 0. The van der Waals surface area contributed by atoms with Crippen LogP contribution in [0.5, 0.6) is 0 Å². The Labute approximate surface area is 65.5 Å². The second-order valence-electron chi connectivity index (χ2n) is 2.73. The molecule has 0 aliphatic heterocycles. The Bertz CT molecular complexity index is 125. The number of hydrogen-bond acceptors (Lipinski definition) is 3. The Balaban J connectivity index is 3.74. The Morgan fingerprint density at radius 2 is 2.20 bits per heavy atom. The van der Waals surface area contributed by atoms with Gasteiger partial charge in [0.05, 0.1) is 0 Å². The predicted molar refractivity (Wildman–Crippen MR) is 44.8 cm³/mol. The van der Waals surface area contributed by atoms with E-state index in [1.165, 1.54) is 0 Å². The fourth-order valence-corrected chi connectivity index (χ4v) is 1.54. The highest BCUT2D eigenvalue weighted by Crippen LogP contribution is 2.10. The Kier molecular flexibility index (Phi) is 3.75. The average Bonchev–Trinajstić information content (AvgIpc) is 1.59. The molecule has 1 unspecified atom stereocenters. The second-order valence-corrected chi connectivity index (χ2v) is 3.60. The van der Waals surface area contributed by atoms with Crippen LogP contribution in [0.3, 0.4) is 0 Å². The number of rotatable bonds is 4. The lowest BCUT2D eigenvalue weighted by atomic mass is 10.0. The Hall–Kier alpha value is -0.220. The van der Waals surface area contributed by atoms with E-state index in [2.05, 4.69) is 0 Å². The van der Waals surface area contributed by atoms with Gasteiger partial charge in [0.15, 0.2) is 0 Å². The van der Waals surface area contributed by atoms with E-state index in [9.17, 15) is 4.79 Å². The lowest BCUT2D eigenvalue weighted by Crippen LogP contribution is -2.42. The summed E-state index contributed by atoms with van der Waals surface area (Å²) in [5.41, 5.74) is 10.2. The van der Waals surface area contributed by atoms with Crippen molar-refractivity contribution in [2.45, 2.75) is 18.9 Å². The van der Waals surface area contributed by atoms with Crippen LogP contribution in [0.25, 0.3) is 0 Å². The number of carbonyl (C=O) groups is 1. The van der Waals surface area contributed by atoms with E-state index in [0.29, 0.717) is 0 Å². The Morgan fingerprint density at radius 1 is 1.70 bits per heavy atom. The second kappa shape index (κ2) is 3.83. The van der Waals surface area contributed by atoms with Gasteiger partial charge in [-0.25, -0.2) is 0 Å². The van der Waals surface area contributed by atoms with Crippen LogP contribution in [0, 0.1) is 0 Å². The fraction of sp³-hybridized carbons (Fsp3) is 0.833. The first kappa shape index (κ1) is 9.78. The van der Waals surface area contributed by atoms with Crippen molar-refractivity contribution in [3.8, 4) is 0 Å². The molecular formula is C6H14N2OS. The molecule has 60 valence electrons. The zero-order valence-corrected chi connectivity index (χ0v) is 7.20. The molecule has 0 spiro atoms. The molecule has 0 saturated heterocycles. The van der Waals surface area contributed by atoms with Crippen LogP contribution in [-0.2, 0) is 4.79 Å². The zero-order valence-electron chi connectivity index (χ0n) is 6.39. The van der Waals surface area contributed by atoms with E-state index < -0.39 is 5.54 Å². The van der Waals surface area contributed by atoms with Crippen LogP contribution in [0.15, 0.2) is 0 Å². The minimum Gasteiger partial charge on any atom is -0.370 e. The van der Waals surface area contributed by atoms with Gasteiger partial charge < -0.3 is 11.5 Å². The summed E-state index contributed by atoms with van der Waals surface area (Å²) in [7, 11) is 0. The van der Waals surface area contributed by atoms with Crippen molar-refractivity contribution in [3.63, 3.8) is 0 Å². The first-order valence-corrected chi connectivity index (χ1v) is 4.43. The molecular weight excluding hydrogens is 148 g/mol. The number of hydrogen-bond donors (Lipinski definition) is 2. The van der Waals surface area contributed by atoms with Gasteiger partial charge in [0.2, 0.25) is 5.91 Å². The number of primary amides is 1. The molecule has 0 aliphatic rings. The smallest absolute Gasteiger partial charge is 0.219 e. The lowest BCUT2D eigenvalue weighted by Gasteiger charge is -2.20. The van der Waals surface area contributed by atoms with Crippen LogP contribution in [-0.4, -0.2) is 23.5 Å². The van der Waals surface area contributed by atoms with Crippen molar-refractivity contribution in [3.05, 3.63) is 0 Å². The number of carbonyl (C=O) groups excluding carboxylic acids is 1. The van der Waals surface area contributed by atoms with E-state index >= 15 is 0 Å². The van der Waals surface area contributed by atoms with Crippen molar-refractivity contribution >= 4 is 17.7 Å². The van der Waals surface area contributed by atoms with Gasteiger partial charge in [0, 0.05) is 17.7 Å². The highest BCUT2D eigenvalue weighted by Gasteiger charge is 2.19. The maximum atomic E-state index is 10.4. The maximum absolute atomic E-state index is 10.4.